The molecule has 1 aliphatic rings. The fourth-order valence-electron chi connectivity index (χ4n) is 2.12. The number of likely N-dealkylation sites (tertiary alicyclic amines) is 1. The third-order valence-corrected chi connectivity index (χ3v) is 4.32. The third-order valence-electron chi connectivity index (χ3n) is 3.28. The predicted octanol–water partition coefficient (Wildman–Crippen LogP) is 1.78. The number of hydrogen-bond acceptors (Lipinski definition) is 3. The van der Waals surface area contributed by atoms with E-state index in [9.17, 15) is 9.59 Å². The van der Waals surface area contributed by atoms with E-state index in [4.69, 9.17) is 5.11 Å². The standard InChI is InChI=1S/C12H22N2O3S/c1-9(18-2)5-6-13-12(17)14-7-3-4-10(14)8-11(15)16/h9-10H,3-8H2,1-2H3,(H,13,17)(H,15,16). The van der Waals surface area contributed by atoms with Gasteiger partial charge in [0.25, 0.3) is 0 Å². The Kier molecular flexibility index (Phi) is 6.32. The molecule has 1 saturated heterocycles. The number of amides is 2. The summed E-state index contributed by atoms with van der Waals surface area (Å²) in [6, 6.07) is -0.257. The van der Waals surface area contributed by atoms with E-state index in [0.717, 1.165) is 19.3 Å². The highest BCUT2D eigenvalue weighted by Gasteiger charge is 2.30. The molecule has 0 aliphatic carbocycles. The van der Waals surface area contributed by atoms with Gasteiger partial charge in [-0.15, -0.1) is 0 Å². The maximum atomic E-state index is 11.9. The number of aliphatic carboxylic acids is 1. The van der Waals surface area contributed by atoms with Crippen molar-refractivity contribution in [3.05, 3.63) is 0 Å². The molecule has 2 N–H and O–H groups in total. The van der Waals surface area contributed by atoms with Gasteiger partial charge >= 0.3 is 12.0 Å². The van der Waals surface area contributed by atoms with Crippen LogP contribution in [-0.4, -0.2) is 52.6 Å². The first-order valence-electron chi connectivity index (χ1n) is 6.33. The third kappa shape index (κ3) is 4.76. The van der Waals surface area contributed by atoms with Gasteiger partial charge in [-0.1, -0.05) is 6.92 Å². The van der Waals surface area contributed by atoms with Gasteiger partial charge in [0.2, 0.25) is 0 Å². The van der Waals surface area contributed by atoms with Crippen LogP contribution >= 0.6 is 11.8 Å². The quantitative estimate of drug-likeness (QED) is 0.774. The summed E-state index contributed by atoms with van der Waals surface area (Å²) < 4.78 is 0. The molecule has 1 aliphatic heterocycles. The summed E-state index contributed by atoms with van der Waals surface area (Å²) in [4.78, 5) is 24.3. The van der Waals surface area contributed by atoms with Gasteiger partial charge < -0.3 is 15.3 Å². The number of carboxylic acids is 1. The molecule has 104 valence electrons. The van der Waals surface area contributed by atoms with Crippen molar-refractivity contribution in [2.45, 2.75) is 43.9 Å². The topological polar surface area (TPSA) is 69.6 Å². The van der Waals surface area contributed by atoms with Crippen molar-refractivity contribution < 1.29 is 14.7 Å². The van der Waals surface area contributed by atoms with E-state index in [2.05, 4.69) is 18.5 Å². The summed E-state index contributed by atoms with van der Waals surface area (Å²) in [7, 11) is 0. The zero-order valence-corrected chi connectivity index (χ0v) is 11.8. The zero-order chi connectivity index (χ0) is 13.5. The second-order valence-corrected chi connectivity index (χ2v) is 5.93. The molecule has 0 aromatic carbocycles. The minimum atomic E-state index is -0.837. The van der Waals surface area contributed by atoms with E-state index in [1.54, 1.807) is 16.7 Å². The largest absolute Gasteiger partial charge is 0.481 e. The Morgan fingerprint density at radius 2 is 2.28 bits per heavy atom. The number of carbonyl (C=O) groups excluding carboxylic acids is 1. The second-order valence-electron chi connectivity index (χ2n) is 4.65. The minimum absolute atomic E-state index is 0.0502. The molecular formula is C12H22N2O3S. The van der Waals surface area contributed by atoms with Crippen LogP contribution in [0.15, 0.2) is 0 Å². The van der Waals surface area contributed by atoms with Crippen LogP contribution in [-0.2, 0) is 4.79 Å². The molecular weight excluding hydrogens is 252 g/mol. The highest BCUT2D eigenvalue weighted by atomic mass is 32.2. The molecule has 5 nitrogen and oxygen atoms in total. The lowest BCUT2D eigenvalue weighted by Gasteiger charge is -2.24. The molecule has 0 radical (unpaired) electrons. The summed E-state index contributed by atoms with van der Waals surface area (Å²) in [6.45, 7) is 3.44. The summed E-state index contributed by atoms with van der Waals surface area (Å²) in [5.41, 5.74) is 0. The number of carboxylic acid groups (broad SMARTS) is 1. The van der Waals surface area contributed by atoms with Crippen molar-refractivity contribution >= 4 is 23.8 Å². The first-order valence-corrected chi connectivity index (χ1v) is 7.62. The van der Waals surface area contributed by atoms with E-state index in [1.165, 1.54) is 0 Å². The number of rotatable bonds is 6. The first-order chi connectivity index (χ1) is 8.54. The molecule has 6 heteroatoms. The average molecular weight is 274 g/mol. The van der Waals surface area contributed by atoms with Crippen LogP contribution in [0.5, 0.6) is 0 Å². The zero-order valence-electron chi connectivity index (χ0n) is 11.0. The smallest absolute Gasteiger partial charge is 0.317 e. The lowest BCUT2D eigenvalue weighted by Crippen LogP contribution is -2.44. The predicted molar refractivity (Wildman–Crippen MR) is 73.0 cm³/mol. The fraction of sp³-hybridized carbons (Fsp3) is 0.833. The average Bonchev–Trinajstić information content (AvgIpc) is 2.75. The molecule has 0 aromatic heterocycles. The molecule has 0 aromatic rings. The number of hydrogen-bond donors (Lipinski definition) is 2. The van der Waals surface area contributed by atoms with Crippen molar-refractivity contribution in [2.24, 2.45) is 0 Å². The number of carbonyl (C=O) groups is 2. The van der Waals surface area contributed by atoms with Crippen molar-refractivity contribution in [2.75, 3.05) is 19.3 Å². The summed E-state index contributed by atoms with van der Waals surface area (Å²) in [5.74, 6) is -0.837. The van der Waals surface area contributed by atoms with Gasteiger partial charge in [-0.3, -0.25) is 4.79 Å². The van der Waals surface area contributed by atoms with Crippen LogP contribution in [0.1, 0.15) is 32.6 Å². The van der Waals surface area contributed by atoms with Crippen LogP contribution in [0.25, 0.3) is 0 Å². The molecule has 2 unspecified atom stereocenters. The summed E-state index contributed by atoms with van der Waals surface area (Å²) in [5, 5.41) is 12.2. The Bertz CT molecular complexity index is 299. The Labute approximate surface area is 112 Å². The maximum Gasteiger partial charge on any atom is 0.317 e. The molecule has 0 spiro atoms. The van der Waals surface area contributed by atoms with Crippen LogP contribution in [0.4, 0.5) is 4.79 Å². The first kappa shape index (κ1) is 15.1. The summed E-state index contributed by atoms with van der Waals surface area (Å²) in [6.07, 6.45) is 4.72. The molecule has 1 fully saturated rings. The molecule has 2 amide bonds. The van der Waals surface area contributed by atoms with Crippen LogP contribution in [0.3, 0.4) is 0 Å². The van der Waals surface area contributed by atoms with E-state index in [0.29, 0.717) is 18.3 Å². The SMILES string of the molecule is CSC(C)CCNC(=O)N1CCCC1CC(=O)O. The van der Waals surface area contributed by atoms with Crippen molar-refractivity contribution in [1.29, 1.82) is 0 Å². The molecule has 2 atom stereocenters. The summed E-state index contributed by atoms with van der Waals surface area (Å²) >= 11 is 1.78. The Balaban J connectivity index is 2.33. The number of nitrogens with zero attached hydrogens (tertiary/aromatic N) is 1. The molecule has 1 rings (SSSR count). The van der Waals surface area contributed by atoms with E-state index in [-0.39, 0.29) is 18.5 Å². The van der Waals surface area contributed by atoms with Crippen molar-refractivity contribution in [3.8, 4) is 0 Å². The van der Waals surface area contributed by atoms with Gasteiger partial charge in [0.05, 0.1) is 6.42 Å². The van der Waals surface area contributed by atoms with Gasteiger partial charge in [0.15, 0.2) is 0 Å². The van der Waals surface area contributed by atoms with Gasteiger partial charge in [0.1, 0.15) is 0 Å². The number of urea groups is 1. The Hall–Kier alpha value is -0.910. The molecule has 0 bridgehead atoms. The fourth-order valence-corrected chi connectivity index (χ4v) is 2.47. The van der Waals surface area contributed by atoms with Gasteiger partial charge in [-0.05, 0) is 25.5 Å². The van der Waals surface area contributed by atoms with Crippen molar-refractivity contribution in [1.82, 2.24) is 10.2 Å². The highest BCUT2D eigenvalue weighted by Crippen LogP contribution is 2.20. The van der Waals surface area contributed by atoms with E-state index < -0.39 is 5.97 Å². The normalized spacial score (nSPS) is 20.8. The Morgan fingerprint density at radius 1 is 1.56 bits per heavy atom. The maximum absolute atomic E-state index is 11.9. The second kappa shape index (κ2) is 7.51. The lowest BCUT2D eigenvalue weighted by molar-refractivity contribution is -0.137. The monoisotopic (exact) mass is 274 g/mol. The number of nitrogens with one attached hydrogen (secondary N) is 1. The number of thioether (sulfide) groups is 1. The van der Waals surface area contributed by atoms with Gasteiger partial charge in [-0.2, -0.15) is 11.8 Å². The molecule has 1 heterocycles. The lowest BCUT2D eigenvalue weighted by atomic mass is 10.1. The molecule has 0 saturated carbocycles. The molecule has 18 heavy (non-hydrogen) atoms. The van der Waals surface area contributed by atoms with E-state index >= 15 is 0 Å². The van der Waals surface area contributed by atoms with Crippen LogP contribution in [0, 0.1) is 0 Å². The van der Waals surface area contributed by atoms with Crippen LogP contribution in [0.2, 0.25) is 0 Å². The van der Waals surface area contributed by atoms with Crippen LogP contribution < -0.4 is 5.32 Å². The van der Waals surface area contributed by atoms with Gasteiger partial charge in [0, 0.05) is 24.4 Å². The van der Waals surface area contributed by atoms with Gasteiger partial charge in [-0.25, -0.2) is 4.79 Å². The van der Waals surface area contributed by atoms with Crippen molar-refractivity contribution in [3.63, 3.8) is 0 Å². The van der Waals surface area contributed by atoms with E-state index in [1.807, 2.05) is 0 Å². The highest BCUT2D eigenvalue weighted by molar-refractivity contribution is 7.99. The minimum Gasteiger partial charge on any atom is -0.481 e. The Morgan fingerprint density at radius 3 is 2.89 bits per heavy atom.